The van der Waals surface area contributed by atoms with Crippen LogP contribution in [0.4, 0.5) is 0 Å². The highest BCUT2D eigenvalue weighted by molar-refractivity contribution is 5.92. The topological polar surface area (TPSA) is 73.7 Å². The monoisotopic (exact) mass is 301 g/mol. The number of carbonyl (C=O) groups is 2. The fraction of sp³-hybridized carbons (Fsp3) is 0.438. The summed E-state index contributed by atoms with van der Waals surface area (Å²) < 4.78 is 0. The van der Waals surface area contributed by atoms with Crippen LogP contribution in [0.5, 0.6) is 0 Å². The molecule has 1 N–H and O–H groups in total. The average molecular weight is 301 g/mol. The summed E-state index contributed by atoms with van der Waals surface area (Å²) in [5.41, 5.74) is 0.0820. The summed E-state index contributed by atoms with van der Waals surface area (Å²) in [5.74, 6) is -1.42. The number of rotatable bonds is 5. The first-order valence-electron chi connectivity index (χ1n) is 7.31. The summed E-state index contributed by atoms with van der Waals surface area (Å²) >= 11 is 0. The fourth-order valence-corrected chi connectivity index (χ4v) is 3.58. The number of carboxylic acid groups (broad SMARTS) is 1. The molecular weight excluding hydrogens is 282 g/mol. The molecule has 2 aliphatic heterocycles. The van der Waals surface area contributed by atoms with E-state index < -0.39 is 17.3 Å². The number of aromatic nitrogens is 1. The van der Waals surface area contributed by atoms with E-state index in [0.29, 0.717) is 26.2 Å². The van der Waals surface area contributed by atoms with Crippen LogP contribution < -0.4 is 0 Å². The van der Waals surface area contributed by atoms with Crippen LogP contribution in [0.15, 0.2) is 37.2 Å². The van der Waals surface area contributed by atoms with Crippen LogP contribution in [0.3, 0.4) is 0 Å². The number of aliphatic carboxylic acids is 1. The lowest BCUT2D eigenvalue weighted by atomic mass is 9.81. The van der Waals surface area contributed by atoms with Gasteiger partial charge >= 0.3 is 5.97 Å². The molecule has 2 atom stereocenters. The van der Waals surface area contributed by atoms with E-state index in [4.69, 9.17) is 0 Å². The molecule has 0 unspecified atom stereocenters. The Morgan fingerprint density at radius 3 is 2.77 bits per heavy atom. The summed E-state index contributed by atoms with van der Waals surface area (Å²) in [6.07, 6.45) is 5.08. The molecule has 3 rings (SSSR count). The molecule has 2 saturated heterocycles. The minimum absolute atomic E-state index is 0.0699. The zero-order valence-corrected chi connectivity index (χ0v) is 12.3. The van der Waals surface area contributed by atoms with Gasteiger partial charge in [0.2, 0.25) is 5.91 Å². The molecule has 1 aromatic rings. The molecule has 2 fully saturated rings. The maximum atomic E-state index is 12.5. The van der Waals surface area contributed by atoms with Gasteiger partial charge in [-0.05, 0) is 17.7 Å². The molecule has 1 amide bonds. The number of likely N-dealkylation sites (tertiary alicyclic amines) is 2. The quantitative estimate of drug-likeness (QED) is 0.807. The van der Waals surface area contributed by atoms with Crippen LogP contribution in [-0.2, 0) is 16.1 Å². The molecule has 2 aliphatic rings. The minimum Gasteiger partial charge on any atom is -0.481 e. The Hall–Kier alpha value is -2.21. The molecule has 116 valence electrons. The number of carboxylic acids is 1. The van der Waals surface area contributed by atoms with Gasteiger partial charge in [0.25, 0.3) is 0 Å². The van der Waals surface area contributed by atoms with Crippen molar-refractivity contribution in [3.8, 4) is 0 Å². The lowest BCUT2D eigenvalue weighted by Crippen LogP contribution is -2.40. The van der Waals surface area contributed by atoms with E-state index in [-0.39, 0.29) is 12.5 Å². The molecule has 0 saturated carbocycles. The zero-order chi connectivity index (χ0) is 15.7. The maximum Gasteiger partial charge on any atom is 0.313 e. The molecular formula is C16H19N3O3. The van der Waals surface area contributed by atoms with Crippen molar-refractivity contribution >= 4 is 11.9 Å². The number of pyridine rings is 1. The number of nitrogens with zero attached hydrogens (tertiary/aromatic N) is 3. The Balaban J connectivity index is 1.79. The maximum absolute atomic E-state index is 12.5. The van der Waals surface area contributed by atoms with E-state index >= 15 is 0 Å². The van der Waals surface area contributed by atoms with Gasteiger partial charge in [0.05, 0.1) is 5.92 Å². The van der Waals surface area contributed by atoms with Crippen LogP contribution in [0.2, 0.25) is 0 Å². The van der Waals surface area contributed by atoms with Crippen molar-refractivity contribution < 1.29 is 14.7 Å². The first kappa shape index (κ1) is 14.7. The summed E-state index contributed by atoms with van der Waals surface area (Å²) in [6, 6.07) is 3.82. The molecule has 0 aromatic carbocycles. The third-order valence-corrected chi connectivity index (χ3v) is 4.63. The van der Waals surface area contributed by atoms with Crippen LogP contribution in [0, 0.1) is 11.3 Å². The summed E-state index contributed by atoms with van der Waals surface area (Å²) in [5, 5.41) is 9.72. The number of amides is 1. The van der Waals surface area contributed by atoms with Gasteiger partial charge in [0.15, 0.2) is 0 Å². The molecule has 0 radical (unpaired) electrons. The SMILES string of the molecule is C=CCN1C[C@@]2(C(=O)O)CN(Cc3ccncc3)C[C@H]2C1=O. The van der Waals surface area contributed by atoms with Crippen molar-refractivity contribution in [2.24, 2.45) is 11.3 Å². The van der Waals surface area contributed by atoms with Gasteiger partial charge < -0.3 is 10.0 Å². The van der Waals surface area contributed by atoms with Gasteiger partial charge in [-0.15, -0.1) is 6.58 Å². The fourth-order valence-electron chi connectivity index (χ4n) is 3.58. The van der Waals surface area contributed by atoms with Crippen molar-refractivity contribution in [2.45, 2.75) is 6.54 Å². The Morgan fingerprint density at radius 2 is 2.18 bits per heavy atom. The molecule has 3 heterocycles. The van der Waals surface area contributed by atoms with Gasteiger partial charge in [-0.1, -0.05) is 6.08 Å². The highest BCUT2D eigenvalue weighted by Crippen LogP contribution is 2.43. The number of hydrogen-bond donors (Lipinski definition) is 1. The second kappa shape index (κ2) is 5.53. The predicted octanol–water partition coefficient (Wildman–Crippen LogP) is 0.613. The predicted molar refractivity (Wildman–Crippen MR) is 79.8 cm³/mol. The highest BCUT2D eigenvalue weighted by Gasteiger charge is 2.61. The standard InChI is InChI=1S/C16H19N3O3/c1-2-7-19-11-16(15(21)22)10-18(9-13(16)14(19)20)8-12-3-5-17-6-4-12/h2-6,13H,1,7-11H2,(H,21,22)/t13-,16-/m0/s1. The number of hydrogen-bond acceptors (Lipinski definition) is 4. The smallest absolute Gasteiger partial charge is 0.313 e. The van der Waals surface area contributed by atoms with Crippen molar-refractivity contribution in [3.05, 3.63) is 42.7 Å². The first-order valence-corrected chi connectivity index (χ1v) is 7.31. The Kier molecular flexibility index (Phi) is 3.70. The Bertz CT molecular complexity index is 604. The van der Waals surface area contributed by atoms with Gasteiger partial charge in [-0.2, -0.15) is 0 Å². The lowest BCUT2D eigenvalue weighted by molar-refractivity contribution is -0.149. The second-order valence-electron chi connectivity index (χ2n) is 6.05. The highest BCUT2D eigenvalue weighted by atomic mass is 16.4. The van der Waals surface area contributed by atoms with Gasteiger partial charge in [0.1, 0.15) is 5.41 Å². The van der Waals surface area contributed by atoms with Gasteiger partial charge in [0, 0.05) is 45.1 Å². The molecule has 6 nitrogen and oxygen atoms in total. The van der Waals surface area contributed by atoms with Crippen molar-refractivity contribution in [3.63, 3.8) is 0 Å². The molecule has 0 bridgehead atoms. The second-order valence-corrected chi connectivity index (χ2v) is 6.05. The molecule has 1 aromatic heterocycles. The minimum atomic E-state index is -0.993. The van der Waals surface area contributed by atoms with E-state index in [1.54, 1.807) is 23.4 Å². The van der Waals surface area contributed by atoms with Gasteiger partial charge in [-0.25, -0.2) is 0 Å². The van der Waals surface area contributed by atoms with E-state index in [9.17, 15) is 14.7 Å². The molecule has 0 aliphatic carbocycles. The van der Waals surface area contributed by atoms with Crippen LogP contribution >= 0.6 is 0 Å². The molecule has 22 heavy (non-hydrogen) atoms. The zero-order valence-electron chi connectivity index (χ0n) is 12.3. The largest absolute Gasteiger partial charge is 0.481 e. The summed E-state index contributed by atoms with van der Waals surface area (Å²) in [7, 11) is 0. The molecule has 0 spiro atoms. The van der Waals surface area contributed by atoms with E-state index in [1.165, 1.54) is 0 Å². The normalized spacial score (nSPS) is 27.9. The third-order valence-electron chi connectivity index (χ3n) is 4.63. The van der Waals surface area contributed by atoms with Crippen molar-refractivity contribution in [1.29, 1.82) is 0 Å². The Labute approximate surface area is 129 Å². The first-order chi connectivity index (χ1) is 10.6. The number of fused-ring (bicyclic) bond motifs is 1. The van der Waals surface area contributed by atoms with E-state index in [0.717, 1.165) is 5.56 Å². The van der Waals surface area contributed by atoms with E-state index in [1.807, 2.05) is 12.1 Å². The molecule has 6 heteroatoms. The summed E-state index contributed by atoms with van der Waals surface area (Å²) in [4.78, 5) is 32.0. The van der Waals surface area contributed by atoms with Crippen LogP contribution in [0.25, 0.3) is 0 Å². The number of carbonyl (C=O) groups excluding carboxylic acids is 1. The van der Waals surface area contributed by atoms with Gasteiger partial charge in [-0.3, -0.25) is 19.5 Å². The Morgan fingerprint density at radius 1 is 1.45 bits per heavy atom. The third kappa shape index (κ3) is 2.29. The average Bonchev–Trinajstić information content (AvgIpc) is 2.97. The van der Waals surface area contributed by atoms with Crippen molar-refractivity contribution in [1.82, 2.24) is 14.8 Å². The van der Waals surface area contributed by atoms with Crippen LogP contribution in [0.1, 0.15) is 5.56 Å². The van der Waals surface area contributed by atoms with E-state index in [2.05, 4.69) is 16.5 Å². The van der Waals surface area contributed by atoms with Crippen LogP contribution in [-0.4, -0.2) is 57.9 Å². The van der Waals surface area contributed by atoms with Crippen molar-refractivity contribution in [2.75, 3.05) is 26.2 Å². The summed E-state index contributed by atoms with van der Waals surface area (Å²) in [6.45, 7) is 5.84. The lowest BCUT2D eigenvalue weighted by Gasteiger charge is -2.24.